The fraction of sp³-hybridized carbons (Fsp3) is 0.737. The standard InChI is InChI=1S/C19H30O3/c1-7-19(12-16(20)22-8-2)11-14-15(18(19,4)5)10-9-13(3)17(14)21-6/h7,9,14-15,17H,1,8,10-12H2,2-6H3/t14-,15+,17-,19+/m0/s1. The Morgan fingerprint density at radius 1 is 1.50 bits per heavy atom. The Hall–Kier alpha value is -1.09. The van der Waals surface area contributed by atoms with Crippen molar-refractivity contribution in [2.24, 2.45) is 22.7 Å². The number of carbonyl (C=O) groups excluding carboxylic acids is 1. The van der Waals surface area contributed by atoms with Crippen molar-refractivity contribution in [2.45, 2.75) is 53.1 Å². The molecule has 0 aromatic heterocycles. The van der Waals surface area contributed by atoms with Gasteiger partial charge >= 0.3 is 5.97 Å². The highest BCUT2D eigenvalue weighted by Gasteiger charge is 2.60. The predicted octanol–water partition coefficient (Wildman–Crippen LogP) is 4.14. The lowest BCUT2D eigenvalue weighted by molar-refractivity contribution is -0.146. The van der Waals surface area contributed by atoms with Crippen LogP contribution in [0.15, 0.2) is 24.3 Å². The number of esters is 1. The van der Waals surface area contributed by atoms with Crippen molar-refractivity contribution < 1.29 is 14.3 Å². The molecular formula is C19H30O3. The minimum absolute atomic E-state index is 0.000157. The molecule has 0 aromatic rings. The van der Waals surface area contributed by atoms with Crippen LogP contribution in [0.25, 0.3) is 0 Å². The maximum Gasteiger partial charge on any atom is 0.306 e. The van der Waals surface area contributed by atoms with Gasteiger partial charge in [0.05, 0.1) is 19.1 Å². The molecule has 2 rings (SSSR count). The second kappa shape index (κ2) is 6.19. The summed E-state index contributed by atoms with van der Waals surface area (Å²) in [7, 11) is 1.79. The highest BCUT2D eigenvalue weighted by molar-refractivity contribution is 5.71. The molecule has 4 atom stereocenters. The van der Waals surface area contributed by atoms with E-state index in [0.29, 0.717) is 24.9 Å². The summed E-state index contributed by atoms with van der Waals surface area (Å²) in [5, 5.41) is 0. The van der Waals surface area contributed by atoms with Gasteiger partial charge in [0.25, 0.3) is 0 Å². The minimum atomic E-state index is -0.218. The first kappa shape index (κ1) is 17.3. The molecule has 0 unspecified atom stereocenters. The Morgan fingerprint density at radius 2 is 2.18 bits per heavy atom. The maximum atomic E-state index is 12.2. The van der Waals surface area contributed by atoms with Crippen molar-refractivity contribution in [3.8, 4) is 0 Å². The Bertz CT molecular complexity index is 477. The molecule has 0 radical (unpaired) electrons. The summed E-state index contributed by atoms with van der Waals surface area (Å²) in [6, 6.07) is 0. The Kier molecular flexibility index (Phi) is 4.86. The third-order valence-electron chi connectivity index (χ3n) is 6.27. The van der Waals surface area contributed by atoms with Crippen LogP contribution in [0.5, 0.6) is 0 Å². The number of hydrogen-bond acceptors (Lipinski definition) is 3. The van der Waals surface area contributed by atoms with Gasteiger partial charge in [-0.3, -0.25) is 4.79 Å². The molecule has 124 valence electrons. The van der Waals surface area contributed by atoms with Gasteiger partial charge in [0.1, 0.15) is 0 Å². The highest BCUT2D eigenvalue weighted by atomic mass is 16.5. The molecule has 0 saturated heterocycles. The van der Waals surface area contributed by atoms with E-state index in [4.69, 9.17) is 9.47 Å². The van der Waals surface area contributed by atoms with Crippen LogP contribution in [-0.4, -0.2) is 25.8 Å². The topological polar surface area (TPSA) is 35.5 Å². The van der Waals surface area contributed by atoms with Crippen LogP contribution in [0, 0.1) is 22.7 Å². The number of hydrogen-bond donors (Lipinski definition) is 0. The summed E-state index contributed by atoms with van der Waals surface area (Å²) in [5.41, 5.74) is 1.10. The lowest BCUT2D eigenvalue weighted by Crippen LogP contribution is -2.39. The first-order valence-electron chi connectivity index (χ1n) is 8.31. The van der Waals surface area contributed by atoms with Gasteiger partial charge in [-0.05, 0) is 49.5 Å². The molecule has 2 aliphatic carbocycles. The smallest absolute Gasteiger partial charge is 0.306 e. The summed E-state index contributed by atoms with van der Waals surface area (Å²) >= 11 is 0. The molecular weight excluding hydrogens is 276 g/mol. The molecule has 0 spiro atoms. The number of methoxy groups -OCH3 is 1. The largest absolute Gasteiger partial charge is 0.466 e. The van der Waals surface area contributed by atoms with Crippen LogP contribution in [0.1, 0.15) is 47.0 Å². The predicted molar refractivity (Wildman–Crippen MR) is 88.4 cm³/mol. The number of carbonyl (C=O) groups is 1. The third kappa shape index (κ3) is 2.54. The Morgan fingerprint density at radius 3 is 2.73 bits per heavy atom. The van der Waals surface area contributed by atoms with E-state index in [1.54, 1.807) is 7.11 Å². The van der Waals surface area contributed by atoms with Crippen molar-refractivity contribution in [3.05, 3.63) is 24.3 Å². The molecule has 0 heterocycles. The van der Waals surface area contributed by atoms with Gasteiger partial charge in [-0.1, -0.05) is 26.0 Å². The number of rotatable bonds is 5. The first-order valence-corrected chi connectivity index (χ1v) is 8.31. The molecule has 3 nitrogen and oxygen atoms in total. The molecule has 1 saturated carbocycles. The van der Waals surface area contributed by atoms with E-state index in [0.717, 1.165) is 12.8 Å². The quantitative estimate of drug-likeness (QED) is 0.565. The van der Waals surface area contributed by atoms with Crippen LogP contribution >= 0.6 is 0 Å². The summed E-state index contributed by atoms with van der Waals surface area (Å²) < 4.78 is 11.0. The number of ether oxygens (including phenoxy) is 2. The van der Waals surface area contributed by atoms with E-state index >= 15 is 0 Å². The van der Waals surface area contributed by atoms with Crippen molar-refractivity contribution in [1.29, 1.82) is 0 Å². The molecule has 1 fully saturated rings. The highest BCUT2D eigenvalue weighted by Crippen LogP contribution is 2.64. The minimum Gasteiger partial charge on any atom is -0.466 e. The Labute approximate surface area is 134 Å². The monoisotopic (exact) mass is 306 g/mol. The molecule has 0 aliphatic heterocycles. The molecule has 3 heteroatoms. The summed E-state index contributed by atoms with van der Waals surface area (Å²) in [4.78, 5) is 12.2. The van der Waals surface area contributed by atoms with Crippen molar-refractivity contribution in [1.82, 2.24) is 0 Å². The second-order valence-corrected chi connectivity index (χ2v) is 7.38. The zero-order valence-corrected chi connectivity index (χ0v) is 14.6. The fourth-order valence-corrected chi connectivity index (χ4v) is 4.83. The van der Waals surface area contributed by atoms with E-state index in [9.17, 15) is 4.79 Å². The molecule has 0 N–H and O–H groups in total. The van der Waals surface area contributed by atoms with Crippen LogP contribution in [-0.2, 0) is 14.3 Å². The fourth-order valence-electron chi connectivity index (χ4n) is 4.83. The molecule has 2 aliphatic rings. The van der Waals surface area contributed by atoms with Gasteiger partial charge < -0.3 is 9.47 Å². The zero-order chi connectivity index (χ0) is 16.5. The molecule has 0 bridgehead atoms. The lowest BCUT2D eigenvalue weighted by Gasteiger charge is -2.43. The van der Waals surface area contributed by atoms with E-state index in [2.05, 4.69) is 33.4 Å². The van der Waals surface area contributed by atoms with Crippen molar-refractivity contribution in [3.63, 3.8) is 0 Å². The van der Waals surface area contributed by atoms with E-state index < -0.39 is 0 Å². The average molecular weight is 306 g/mol. The first-order chi connectivity index (χ1) is 10.3. The average Bonchev–Trinajstić information content (AvgIpc) is 2.67. The van der Waals surface area contributed by atoms with Gasteiger partial charge in [-0.25, -0.2) is 0 Å². The SMILES string of the molecule is C=C[C@]1(CC(=O)OCC)C[C@H]2[C@@H](CC=C(C)[C@@H]2OC)C1(C)C. The Balaban J connectivity index is 2.34. The number of allylic oxidation sites excluding steroid dienone is 2. The molecule has 0 aromatic carbocycles. The summed E-state index contributed by atoms with van der Waals surface area (Å²) in [6.45, 7) is 13.1. The zero-order valence-electron chi connectivity index (χ0n) is 14.6. The summed E-state index contributed by atoms with van der Waals surface area (Å²) in [5.74, 6) is 0.832. The third-order valence-corrected chi connectivity index (χ3v) is 6.27. The van der Waals surface area contributed by atoms with E-state index in [1.165, 1.54) is 5.57 Å². The van der Waals surface area contributed by atoms with Crippen molar-refractivity contribution in [2.75, 3.05) is 13.7 Å². The summed E-state index contributed by atoms with van der Waals surface area (Å²) in [6.07, 6.45) is 6.88. The number of fused-ring (bicyclic) bond motifs is 1. The van der Waals surface area contributed by atoms with E-state index in [-0.39, 0.29) is 22.9 Å². The van der Waals surface area contributed by atoms with Gasteiger partial charge in [-0.2, -0.15) is 0 Å². The molecule has 0 amide bonds. The van der Waals surface area contributed by atoms with Gasteiger partial charge in [0.2, 0.25) is 0 Å². The maximum absolute atomic E-state index is 12.2. The van der Waals surface area contributed by atoms with Gasteiger partial charge in [0, 0.05) is 12.5 Å². The van der Waals surface area contributed by atoms with Gasteiger partial charge in [-0.15, -0.1) is 6.58 Å². The van der Waals surface area contributed by atoms with Crippen LogP contribution < -0.4 is 0 Å². The van der Waals surface area contributed by atoms with Crippen molar-refractivity contribution >= 4 is 5.97 Å². The van der Waals surface area contributed by atoms with Gasteiger partial charge in [0.15, 0.2) is 0 Å². The molecule has 22 heavy (non-hydrogen) atoms. The van der Waals surface area contributed by atoms with Crippen LogP contribution in [0.4, 0.5) is 0 Å². The van der Waals surface area contributed by atoms with Crippen LogP contribution in [0.3, 0.4) is 0 Å². The van der Waals surface area contributed by atoms with Crippen LogP contribution in [0.2, 0.25) is 0 Å². The van der Waals surface area contributed by atoms with E-state index in [1.807, 2.05) is 13.0 Å². The second-order valence-electron chi connectivity index (χ2n) is 7.38. The lowest BCUT2D eigenvalue weighted by atomic mass is 9.62. The normalized spacial score (nSPS) is 36.4.